The van der Waals surface area contributed by atoms with E-state index in [2.05, 4.69) is 22.4 Å². The largest absolute Gasteiger partial charge is 0.409 e. The second-order valence-corrected chi connectivity index (χ2v) is 5.73. The Morgan fingerprint density at radius 1 is 1.48 bits per heavy atom. The maximum Gasteiger partial charge on any atom is 0.284 e. The molecule has 3 rings (SSSR count). The average Bonchev–Trinajstić information content (AvgIpc) is 3.06. The summed E-state index contributed by atoms with van der Waals surface area (Å²) in [6.07, 6.45) is 3.46. The van der Waals surface area contributed by atoms with E-state index in [9.17, 15) is 4.79 Å². The number of H-pyrrole nitrogens is 1. The SMILES string of the molecule is CCCC1CC1NC(=O)c1ccc(-c2n[nH]c(=S)o2)cc1. The molecule has 1 saturated carbocycles. The van der Waals surface area contributed by atoms with Gasteiger partial charge in [-0.2, -0.15) is 0 Å². The molecule has 1 aliphatic rings. The fraction of sp³-hybridized carbons (Fsp3) is 0.400. The van der Waals surface area contributed by atoms with E-state index in [0.717, 1.165) is 12.0 Å². The van der Waals surface area contributed by atoms with Gasteiger partial charge < -0.3 is 9.73 Å². The summed E-state index contributed by atoms with van der Waals surface area (Å²) in [5.41, 5.74) is 1.43. The van der Waals surface area contributed by atoms with E-state index in [1.54, 1.807) is 24.3 Å². The molecule has 1 aromatic carbocycles. The summed E-state index contributed by atoms with van der Waals surface area (Å²) < 4.78 is 5.23. The molecule has 2 N–H and O–H groups in total. The molecule has 0 spiro atoms. The second-order valence-electron chi connectivity index (χ2n) is 5.36. The predicted molar refractivity (Wildman–Crippen MR) is 81.4 cm³/mol. The molecule has 2 aromatic rings. The summed E-state index contributed by atoms with van der Waals surface area (Å²) in [4.78, 5) is 12.4. The van der Waals surface area contributed by atoms with Gasteiger partial charge in [-0.05, 0) is 55.2 Å². The van der Waals surface area contributed by atoms with Crippen molar-refractivity contribution in [2.45, 2.75) is 32.2 Å². The molecule has 0 saturated heterocycles. The fourth-order valence-corrected chi connectivity index (χ4v) is 2.61. The minimum absolute atomic E-state index is 0.0203. The van der Waals surface area contributed by atoms with Crippen LogP contribution >= 0.6 is 12.2 Å². The Labute approximate surface area is 127 Å². The smallest absolute Gasteiger partial charge is 0.284 e. The van der Waals surface area contributed by atoms with Gasteiger partial charge in [0.1, 0.15) is 0 Å². The maximum absolute atomic E-state index is 12.1. The minimum atomic E-state index is -0.0203. The number of amides is 1. The number of nitrogens with zero attached hydrogens (tertiary/aromatic N) is 1. The molecule has 1 amide bonds. The van der Waals surface area contributed by atoms with Crippen LogP contribution in [0.3, 0.4) is 0 Å². The van der Waals surface area contributed by atoms with Crippen LogP contribution in [0.2, 0.25) is 0 Å². The van der Waals surface area contributed by atoms with Crippen LogP contribution < -0.4 is 5.32 Å². The number of aromatic nitrogens is 2. The summed E-state index contributed by atoms with van der Waals surface area (Å²) in [6, 6.07) is 7.50. The number of nitrogens with one attached hydrogen (secondary N) is 2. The Morgan fingerprint density at radius 3 is 2.86 bits per heavy atom. The zero-order valence-electron chi connectivity index (χ0n) is 11.8. The fourth-order valence-electron chi connectivity index (χ4n) is 2.48. The van der Waals surface area contributed by atoms with Gasteiger partial charge in [0, 0.05) is 17.2 Å². The van der Waals surface area contributed by atoms with E-state index >= 15 is 0 Å². The number of hydrogen-bond donors (Lipinski definition) is 2. The van der Waals surface area contributed by atoms with Crippen LogP contribution in [0, 0.1) is 10.8 Å². The molecule has 6 heteroatoms. The molecule has 110 valence electrons. The summed E-state index contributed by atoms with van der Waals surface area (Å²) in [5.74, 6) is 1.07. The van der Waals surface area contributed by atoms with Gasteiger partial charge in [-0.15, -0.1) is 5.10 Å². The lowest BCUT2D eigenvalue weighted by Gasteiger charge is -2.05. The van der Waals surface area contributed by atoms with Gasteiger partial charge in [-0.3, -0.25) is 4.79 Å². The third kappa shape index (κ3) is 3.21. The Hall–Kier alpha value is -1.95. The van der Waals surface area contributed by atoms with Crippen LogP contribution in [0.4, 0.5) is 0 Å². The molecule has 5 nitrogen and oxygen atoms in total. The highest BCUT2D eigenvalue weighted by atomic mass is 32.1. The molecule has 0 bridgehead atoms. The highest BCUT2D eigenvalue weighted by Gasteiger charge is 2.37. The van der Waals surface area contributed by atoms with Gasteiger partial charge in [0.2, 0.25) is 5.89 Å². The van der Waals surface area contributed by atoms with Crippen molar-refractivity contribution in [3.63, 3.8) is 0 Å². The van der Waals surface area contributed by atoms with Gasteiger partial charge in [0.15, 0.2) is 0 Å². The van der Waals surface area contributed by atoms with Gasteiger partial charge >= 0.3 is 0 Å². The minimum Gasteiger partial charge on any atom is -0.409 e. The normalized spacial score (nSPS) is 20.2. The quantitative estimate of drug-likeness (QED) is 0.831. The molecule has 21 heavy (non-hydrogen) atoms. The number of benzene rings is 1. The van der Waals surface area contributed by atoms with Crippen molar-refractivity contribution in [2.24, 2.45) is 5.92 Å². The van der Waals surface area contributed by atoms with Crippen molar-refractivity contribution in [1.29, 1.82) is 0 Å². The van der Waals surface area contributed by atoms with Crippen LogP contribution in [0.15, 0.2) is 28.7 Å². The topological polar surface area (TPSA) is 70.9 Å². The van der Waals surface area contributed by atoms with Gasteiger partial charge in [0.05, 0.1) is 0 Å². The monoisotopic (exact) mass is 303 g/mol. The molecule has 0 radical (unpaired) electrons. The summed E-state index contributed by atoms with van der Waals surface area (Å²) in [7, 11) is 0. The van der Waals surface area contributed by atoms with Crippen LogP contribution in [-0.2, 0) is 0 Å². The Morgan fingerprint density at radius 2 is 2.24 bits per heavy atom. The summed E-state index contributed by atoms with van der Waals surface area (Å²) in [5, 5.41) is 9.60. The second kappa shape index (κ2) is 5.81. The first-order chi connectivity index (χ1) is 10.2. The summed E-state index contributed by atoms with van der Waals surface area (Å²) >= 11 is 4.84. The molecule has 1 fully saturated rings. The Balaban J connectivity index is 1.64. The lowest BCUT2D eigenvalue weighted by Crippen LogP contribution is -2.26. The van der Waals surface area contributed by atoms with Gasteiger partial charge in [0.25, 0.3) is 10.7 Å². The number of rotatable bonds is 5. The highest BCUT2D eigenvalue weighted by Crippen LogP contribution is 2.34. The van der Waals surface area contributed by atoms with Gasteiger partial charge in [-0.25, -0.2) is 5.10 Å². The van der Waals surface area contributed by atoms with Crippen LogP contribution in [0.1, 0.15) is 36.5 Å². The van der Waals surface area contributed by atoms with E-state index in [1.807, 2.05) is 0 Å². The lowest BCUT2D eigenvalue weighted by atomic mass is 10.1. The van der Waals surface area contributed by atoms with Crippen molar-refractivity contribution < 1.29 is 9.21 Å². The third-order valence-corrected chi connectivity index (χ3v) is 3.91. The molecule has 1 aliphatic carbocycles. The number of aromatic amines is 1. The Bertz CT molecular complexity index is 689. The molecular weight excluding hydrogens is 286 g/mol. The standard InChI is InChI=1S/C15H17N3O2S/c1-2-3-11-8-12(11)16-13(19)9-4-6-10(7-5-9)14-17-18-15(21)20-14/h4-7,11-12H,2-3,8H2,1H3,(H,16,19)(H,18,21). The molecule has 2 atom stereocenters. The van der Waals surface area contributed by atoms with E-state index in [4.69, 9.17) is 16.6 Å². The zero-order valence-corrected chi connectivity index (χ0v) is 12.6. The predicted octanol–water partition coefficient (Wildman–Crippen LogP) is 3.32. The highest BCUT2D eigenvalue weighted by molar-refractivity contribution is 7.71. The Kier molecular flexibility index (Phi) is 3.88. The number of carbonyl (C=O) groups is 1. The van der Waals surface area contributed by atoms with Crippen molar-refractivity contribution in [2.75, 3.05) is 0 Å². The molecule has 2 unspecified atom stereocenters. The molecule has 1 aromatic heterocycles. The van der Waals surface area contributed by atoms with Crippen molar-refractivity contribution in [3.8, 4) is 11.5 Å². The third-order valence-electron chi connectivity index (χ3n) is 3.73. The van der Waals surface area contributed by atoms with Crippen LogP contribution in [-0.4, -0.2) is 22.1 Å². The first kappa shape index (κ1) is 14.0. The van der Waals surface area contributed by atoms with Crippen molar-refractivity contribution in [3.05, 3.63) is 34.7 Å². The van der Waals surface area contributed by atoms with Crippen molar-refractivity contribution >= 4 is 18.1 Å². The molecule has 1 heterocycles. The maximum atomic E-state index is 12.1. The van der Waals surface area contributed by atoms with Gasteiger partial charge in [-0.1, -0.05) is 13.3 Å². The lowest BCUT2D eigenvalue weighted by molar-refractivity contribution is 0.0949. The van der Waals surface area contributed by atoms with Crippen LogP contribution in [0.25, 0.3) is 11.5 Å². The summed E-state index contributed by atoms with van der Waals surface area (Å²) in [6.45, 7) is 2.17. The van der Waals surface area contributed by atoms with Crippen LogP contribution in [0.5, 0.6) is 0 Å². The zero-order chi connectivity index (χ0) is 14.8. The van der Waals surface area contributed by atoms with E-state index < -0.39 is 0 Å². The molecule has 0 aliphatic heterocycles. The first-order valence-corrected chi connectivity index (χ1v) is 7.55. The van der Waals surface area contributed by atoms with E-state index in [1.165, 1.54) is 12.8 Å². The van der Waals surface area contributed by atoms with Crippen molar-refractivity contribution in [1.82, 2.24) is 15.5 Å². The van der Waals surface area contributed by atoms with E-state index in [0.29, 0.717) is 23.4 Å². The number of hydrogen-bond acceptors (Lipinski definition) is 4. The number of carbonyl (C=O) groups excluding carboxylic acids is 1. The first-order valence-electron chi connectivity index (χ1n) is 7.14. The molecular formula is C15H17N3O2S. The average molecular weight is 303 g/mol. The van der Waals surface area contributed by atoms with E-state index in [-0.39, 0.29) is 10.7 Å².